The molecular weight excluding hydrogens is 252 g/mol. The second kappa shape index (κ2) is 5.04. The lowest BCUT2D eigenvalue weighted by Crippen LogP contribution is -2.41. The Bertz CT molecular complexity index is 574. The average Bonchev–Trinajstić information content (AvgIpc) is 2.41. The Morgan fingerprint density at radius 3 is 2.95 bits per heavy atom. The molecule has 3 heteroatoms. The van der Waals surface area contributed by atoms with Gasteiger partial charge in [0.05, 0.1) is 11.2 Å². The number of fused-ring (bicyclic) bond motifs is 1. The molecule has 1 fully saturated rings. The van der Waals surface area contributed by atoms with E-state index < -0.39 is 0 Å². The van der Waals surface area contributed by atoms with Gasteiger partial charge in [-0.15, -0.1) is 0 Å². The number of thioether (sulfide) groups is 1. The molecule has 100 valence electrons. The highest BCUT2D eigenvalue weighted by Crippen LogP contribution is 2.36. The van der Waals surface area contributed by atoms with Crippen molar-refractivity contribution in [2.75, 3.05) is 16.8 Å². The van der Waals surface area contributed by atoms with Crippen LogP contribution < -0.4 is 5.32 Å². The van der Waals surface area contributed by atoms with Crippen LogP contribution in [0.1, 0.15) is 20.3 Å². The fraction of sp³-hybridized carbons (Fsp3) is 0.438. The molecule has 0 aliphatic carbocycles. The van der Waals surface area contributed by atoms with Gasteiger partial charge in [-0.2, -0.15) is 11.8 Å². The third-order valence-corrected chi connectivity index (χ3v) is 5.14. The van der Waals surface area contributed by atoms with Crippen molar-refractivity contribution in [1.82, 2.24) is 4.98 Å². The number of aromatic nitrogens is 1. The minimum Gasteiger partial charge on any atom is -0.379 e. The maximum atomic E-state index is 4.53. The number of anilines is 1. The highest BCUT2D eigenvalue weighted by atomic mass is 32.2. The Morgan fingerprint density at radius 2 is 2.11 bits per heavy atom. The topological polar surface area (TPSA) is 24.9 Å². The van der Waals surface area contributed by atoms with Gasteiger partial charge in [0.25, 0.3) is 0 Å². The van der Waals surface area contributed by atoms with Gasteiger partial charge in [0.2, 0.25) is 0 Å². The number of rotatable bonds is 2. The molecule has 2 aromatic rings. The van der Waals surface area contributed by atoms with E-state index in [9.17, 15) is 0 Å². The summed E-state index contributed by atoms with van der Waals surface area (Å²) in [5.41, 5.74) is 2.59. The number of para-hydroxylation sites is 1. The molecule has 3 rings (SSSR count). The summed E-state index contributed by atoms with van der Waals surface area (Å²) in [6.07, 6.45) is 3.14. The van der Waals surface area contributed by atoms with Crippen LogP contribution in [-0.4, -0.2) is 22.5 Å². The van der Waals surface area contributed by atoms with Crippen molar-refractivity contribution in [2.45, 2.75) is 26.3 Å². The van der Waals surface area contributed by atoms with Crippen LogP contribution in [0, 0.1) is 5.41 Å². The molecule has 0 amide bonds. The van der Waals surface area contributed by atoms with E-state index in [1.54, 1.807) is 0 Å². The quantitative estimate of drug-likeness (QED) is 0.888. The van der Waals surface area contributed by atoms with Crippen LogP contribution in [0.15, 0.2) is 36.5 Å². The Kier molecular flexibility index (Phi) is 3.40. The van der Waals surface area contributed by atoms with Gasteiger partial charge in [-0.25, -0.2) is 0 Å². The molecule has 0 bridgehead atoms. The largest absolute Gasteiger partial charge is 0.379 e. The zero-order valence-electron chi connectivity index (χ0n) is 11.5. The van der Waals surface area contributed by atoms with E-state index in [1.807, 2.05) is 24.0 Å². The van der Waals surface area contributed by atoms with Crippen LogP contribution in [0.2, 0.25) is 0 Å². The minimum atomic E-state index is 0.349. The van der Waals surface area contributed by atoms with E-state index in [-0.39, 0.29) is 0 Å². The number of nitrogens with zero attached hydrogens (tertiary/aromatic N) is 1. The van der Waals surface area contributed by atoms with Gasteiger partial charge in [0, 0.05) is 23.4 Å². The van der Waals surface area contributed by atoms with Crippen molar-refractivity contribution in [1.29, 1.82) is 0 Å². The van der Waals surface area contributed by atoms with E-state index in [0.717, 1.165) is 5.52 Å². The van der Waals surface area contributed by atoms with Gasteiger partial charge in [0.1, 0.15) is 0 Å². The highest BCUT2D eigenvalue weighted by Gasteiger charge is 2.32. The Hall–Kier alpha value is -1.22. The van der Waals surface area contributed by atoms with Crippen LogP contribution >= 0.6 is 11.8 Å². The van der Waals surface area contributed by atoms with E-state index in [1.165, 1.54) is 29.0 Å². The Balaban J connectivity index is 1.93. The smallest absolute Gasteiger partial charge is 0.0933 e. The molecule has 1 aromatic carbocycles. The molecule has 1 unspecified atom stereocenters. The zero-order valence-corrected chi connectivity index (χ0v) is 12.3. The monoisotopic (exact) mass is 272 g/mol. The van der Waals surface area contributed by atoms with Crippen LogP contribution in [0.4, 0.5) is 5.69 Å². The lowest BCUT2D eigenvalue weighted by molar-refractivity contribution is 0.305. The molecule has 0 spiro atoms. The van der Waals surface area contributed by atoms with Gasteiger partial charge < -0.3 is 5.32 Å². The van der Waals surface area contributed by atoms with Gasteiger partial charge in [-0.3, -0.25) is 4.98 Å². The lowest BCUT2D eigenvalue weighted by Gasteiger charge is -2.39. The summed E-state index contributed by atoms with van der Waals surface area (Å²) in [6, 6.07) is 11.0. The normalized spacial score (nSPS) is 22.3. The molecule has 1 saturated heterocycles. The van der Waals surface area contributed by atoms with Crippen molar-refractivity contribution >= 4 is 28.4 Å². The van der Waals surface area contributed by atoms with Crippen molar-refractivity contribution in [2.24, 2.45) is 5.41 Å². The first-order chi connectivity index (χ1) is 9.17. The first-order valence-corrected chi connectivity index (χ1v) is 8.00. The lowest BCUT2D eigenvalue weighted by atomic mass is 9.82. The third kappa shape index (κ3) is 2.57. The van der Waals surface area contributed by atoms with E-state index in [2.05, 4.69) is 48.4 Å². The van der Waals surface area contributed by atoms with Gasteiger partial charge in [-0.05, 0) is 29.7 Å². The third-order valence-electron chi connectivity index (χ3n) is 4.08. The number of benzene rings is 1. The maximum absolute atomic E-state index is 4.53. The van der Waals surface area contributed by atoms with Crippen molar-refractivity contribution < 1.29 is 0 Å². The molecule has 1 aromatic heterocycles. The summed E-state index contributed by atoms with van der Waals surface area (Å²) in [4.78, 5) is 4.53. The van der Waals surface area contributed by atoms with Gasteiger partial charge >= 0.3 is 0 Å². The summed E-state index contributed by atoms with van der Waals surface area (Å²) in [5, 5.41) is 4.93. The fourth-order valence-corrected chi connectivity index (χ4v) is 4.19. The molecule has 1 aliphatic heterocycles. The van der Waals surface area contributed by atoms with Crippen molar-refractivity contribution in [3.8, 4) is 0 Å². The molecular formula is C16H20N2S. The Morgan fingerprint density at radius 1 is 1.26 bits per heavy atom. The van der Waals surface area contributed by atoms with Crippen LogP contribution in [0.3, 0.4) is 0 Å². The van der Waals surface area contributed by atoms with Gasteiger partial charge in [0.15, 0.2) is 0 Å². The minimum absolute atomic E-state index is 0.349. The first-order valence-electron chi connectivity index (χ1n) is 6.85. The maximum Gasteiger partial charge on any atom is 0.0933 e. The molecule has 0 saturated carbocycles. The van der Waals surface area contributed by atoms with Crippen LogP contribution in [0.5, 0.6) is 0 Å². The fourth-order valence-electron chi connectivity index (χ4n) is 2.58. The molecule has 19 heavy (non-hydrogen) atoms. The Labute approximate surface area is 119 Å². The number of hydrogen-bond acceptors (Lipinski definition) is 3. The van der Waals surface area contributed by atoms with E-state index in [4.69, 9.17) is 0 Å². The van der Waals surface area contributed by atoms with Crippen LogP contribution in [-0.2, 0) is 0 Å². The van der Waals surface area contributed by atoms with Crippen molar-refractivity contribution in [3.05, 3.63) is 36.5 Å². The highest BCUT2D eigenvalue weighted by molar-refractivity contribution is 7.99. The van der Waals surface area contributed by atoms with Gasteiger partial charge in [-0.1, -0.05) is 32.0 Å². The summed E-state index contributed by atoms with van der Waals surface area (Å²) < 4.78 is 0. The summed E-state index contributed by atoms with van der Waals surface area (Å²) in [6.45, 7) is 4.73. The second-order valence-corrected chi connectivity index (χ2v) is 7.04. The SMILES string of the molecule is CC1(C)CCSCC1Nc1cccc2cccnc12. The van der Waals surface area contributed by atoms with E-state index >= 15 is 0 Å². The zero-order chi connectivity index (χ0) is 13.3. The van der Waals surface area contributed by atoms with Crippen LogP contribution in [0.25, 0.3) is 10.9 Å². The summed E-state index contributed by atoms with van der Waals surface area (Å²) >= 11 is 2.05. The molecule has 1 aliphatic rings. The second-order valence-electron chi connectivity index (χ2n) is 5.89. The molecule has 1 atom stereocenters. The predicted octanol–water partition coefficient (Wildman–Crippen LogP) is 4.18. The van der Waals surface area contributed by atoms with Crippen molar-refractivity contribution in [3.63, 3.8) is 0 Å². The number of nitrogens with one attached hydrogen (secondary N) is 1. The molecule has 2 heterocycles. The standard InChI is InChI=1S/C16H20N2S/c1-16(2)8-10-19-11-14(16)18-13-7-3-5-12-6-4-9-17-15(12)13/h3-7,9,14,18H,8,10-11H2,1-2H3. The molecule has 2 nitrogen and oxygen atoms in total. The molecule has 0 radical (unpaired) electrons. The molecule has 1 N–H and O–H groups in total. The first kappa shape index (κ1) is 12.8. The summed E-state index contributed by atoms with van der Waals surface area (Å²) in [5.74, 6) is 2.45. The van der Waals surface area contributed by atoms with E-state index in [0.29, 0.717) is 11.5 Å². The predicted molar refractivity (Wildman–Crippen MR) is 84.9 cm³/mol. The number of pyridine rings is 1. The summed E-state index contributed by atoms with van der Waals surface area (Å²) in [7, 11) is 0. The number of hydrogen-bond donors (Lipinski definition) is 1. The average molecular weight is 272 g/mol.